The van der Waals surface area contributed by atoms with E-state index in [1.807, 2.05) is 0 Å². The lowest BCUT2D eigenvalue weighted by Crippen LogP contribution is -2.54. The van der Waals surface area contributed by atoms with Crippen LogP contribution in [-0.2, 0) is 10.0 Å². The largest absolute Gasteiger partial charge is 0.415 e. The molecule has 0 saturated carbocycles. The van der Waals surface area contributed by atoms with Gasteiger partial charge in [0, 0.05) is 21.5 Å². The molecule has 1 aromatic heterocycles. The summed E-state index contributed by atoms with van der Waals surface area (Å²) in [5.74, 6) is 0. The predicted molar refractivity (Wildman–Crippen MR) is 90.2 cm³/mol. The second kappa shape index (κ2) is 6.53. The maximum atomic E-state index is 13.2. The fourth-order valence-electron chi connectivity index (χ4n) is 3.34. The number of aliphatic hydroxyl groups is 1. The lowest BCUT2D eigenvalue weighted by molar-refractivity contribution is -0.219. The van der Waals surface area contributed by atoms with Gasteiger partial charge in [0.05, 0.1) is 6.04 Å². The number of nitrogens with zero attached hydrogens (tertiary/aromatic N) is 1. The maximum absolute atomic E-state index is 13.2. The van der Waals surface area contributed by atoms with Crippen molar-refractivity contribution in [1.82, 2.24) is 4.31 Å². The third-order valence-corrected chi connectivity index (χ3v) is 7.81. The van der Waals surface area contributed by atoms with Gasteiger partial charge >= 0.3 is 6.18 Å². The average Bonchev–Trinajstić information content (AvgIpc) is 2.89. The fourth-order valence-corrected chi connectivity index (χ4v) is 6.81. The van der Waals surface area contributed by atoms with E-state index < -0.39 is 28.3 Å². The minimum atomic E-state index is -4.86. The molecule has 0 radical (unpaired) electrons. The van der Waals surface area contributed by atoms with Crippen LogP contribution in [0.25, 0.3) is 10.1 Å². The number of halogens is 3. The van der Waals surface area contributed by atoms with Gasteiger partial charge in [0.25, 0.3) is 0 Å². The van der Waals surface area contributed by atoms with E-state index in [9.17, 15) is 26.7 Å². The number of rotatable bonds is 3. The fraction of sp³-hybridized carbons (Fsp3) is 0.500. The van der Waals surface area contributed by atoms with E-state index >= 15 is 0 Å². The van der Waals surface area contributed by atoms with E-state index in [1.54, 1.807) is 31.2 Å². The van der Waals surface area contributed by atoms with Crippen LogP contribution in [0, 0.1) is 6.92 Å². The third kappa shape index (κ3) is 3.30. The molecule has 3 rings (SSSR count). The van der Waals surface area contributed by atoms with Gasteiger partial charge in [-0.2, -0.15) is 17.5 Å². The van der Waals surface area contributed by atoms with Gasteiger partial charge in [-0.05, 0) is 25.8 Å². The Kier molecular flexibility index (Phi) is 4.87. The standard InChI is InChI=1S/C16H18F3NO3S2/c1-10-14(11-6-2-3-8-13(11)24-10)25(22,23)20-9-5-4-7-12(20)15(21)16(17,18)19/h2-3,6,8,12,15,21H,4-5,7,9H2,1H3/t12-,15-/m0/s1. The van der Waals surface area contributed by atoms with Crippen LogP contribution in [0.3, 0.4) is 0 Å². The Labute approximate surface area is 147 Å². The molecule has 0 unspecified atom stereocenters. The van der Waals surface area contributed by atoms with Crippen LogP contribution in [0.1, 0.15) is 24.1 Å². The SMILES string of the molecule is Cc1sc2ccccc2c1S(=O)(=O)N1CCCC[C@H]1[C@H](O)C(F)(F)F. The summed E-state index contributed by atoms with van der Waals surface area (Å²) in [6.45, 7) is 1.63. The van der Waals surface area contributed by atoms with Crippen molar-refractivity contribution in [2.75, 3.05) is 6.54 Å². The van der Waals surface area contributed by atoms with E-state index in [1.165, 1.54) is 11.3 Å². The summed E-state index contributed by atoms with van der Waals surface area (Å²) in [6.07, 6.45) is -6.63. The summed E-state index contributed by atoms with van der Waals surface area (Å²) >= 11 is 1.29. The number of hydrogen-bond donors (Lipinski definition) is 1. The summed E-state index contributed by atoms with van der Waals surface area (Å²) in [4.78, 5) is 0.585. The quantitative estimate of drug-likeness (QED) is 0.866. The number of sulfonamides is 1. The van der Waals surface area contributed by atoms with Crippen molar-refractivity contribution < 1.29 is 26.7 Å². The lowest BCUT2D eigenvalue weighted by Gasteiger charge is -2.37. The summed E-state index contributed by atoms with van der Waals surface area (Å²) in [5.41, 5.74) is 0. The van der Waals surface area contributed by atoms with Gasteiger partial charge in [-0.1, -0.05) is 24.6 Å². The van der Waals surface area contributed by atoms with Crippen LogP contribution in [-0.4, -0.2) is 42.7 Å². The van der Waals surface area contributed by atoms with Gasteiger partial charge in [0.2, 0.25) is 10.0 Å². The van der Waals surface area contributed by atoms with E-state index in [-0.39, 0.29) is 17.9 Å². The first-order valence-corrected chi connectivity index (χ1v) is 10.1. The topological polar surface area (TPSA) is 57.6 Å². The monoisotopic (exact) mass is 393 g/mol. The van der Waals surface area contributed by atoms with Gasteiger partial charge in [-0.25, -0.2) is 8.42 Å². The second-order valence-electron chi connectivity index (χ2n) is 6.15. The van der Waals surface area contributed by atoms with Gasteiger partial charge < -0.3 is 5.11 Å². The third-order valence-electron chi connectivity index (χ3n) is 4.48. The van der Waals surface area contributed by atoms with Crippen molar-refractivity contribution in [2.45, 2.75) is 49.4 Å². The molecular weight excluding hydrogens is 375 g/mol. The summed E-state index contributed by atoms with van der Waals surface area (Å²) < 4.78 is 67.0. The lowest BCUT2D eigenvalue weighted by atomic mass is 9.99. The van der Waals surface area contributed by atoms with Crippen LogP contribution in [0.5, 0.6) is 0 Å². The summed E-state index contributed by atoms with van der Waals surface area (Å²) in [7, 11) is -4.15. The molecule has 2 atom stereocenters. The molecule has 2 aromatic rings. The molecular formula is C16H18F3NO3S2. The number of aryl methyl sites for hydroxylation is 1. The highest BCUT2D eigenvalue weighted by Crippen LogP contribution is 2.39. The number of hydrogen-bond acceptors (Lipinski definition) is 4. The number of alkyl halides is 3. The van der Waals surface area contributed by atoms with Crippen molar-refractivity contribution in [1.29, 1.82) is 0 Å². The number of benzene rings is 1. The number of aliphatic hydroxyl groups excluding tert-OH is 1. The minimum absolute atomic E-state index is 0.0129. The smallest absolute Gasteiger partial charge is 0.382 e. The second-order valence-corrected chi connectivity index (χ2v) is 9.23. The molecule has 0 amide bonds. The van der Waals surface area contributed by atoms with Gasteiger partial charge in [-0.3, -0.25) is 0 Å². The van der Waals surface area contributed by atoms with Crippen LogP contribution in [0.2, 0.25) is 0 Å². The Hall–Kier alpha value is -1.16. The number of thiophene rings is 1. The molecule has 1 aromatic carbocycles. The normalized spacial score (nSPS) is 21.6. The highest BCUT2D eigenvalue weighted by Gasteiger charge is 2.49. The number of piperidine rings is 1. The molecule has 1 aliphatic heterocycles. The molecule has 0 bridgehead atoms. The molecule has 9 heteroatoms. The number of fused-ring (bicyclic) bond motifs is 1. The van der Waals surface area contributed by atoms with Crippen molar-refractivity contribution in [3.63, 3.8) is 0 Å². The van der Waals surface area contributed by atoms with Gasteiger partial charge in [0.1, 0.15) is 4.90 Å². The van der Waals surface area contributed by atoms with E-state index in [0.29, 0.717) is 23.1 Å². The Morgan fingerprint density at radius 1 is 1.28 bits per heavy atom. The molecule has 0 spiro atoms. The molecule has 1 N–H and O–H groups in total. The minimum Gasteiger partial charge on any atom is -0.382 e. The van der Waals surface area contributed by atoms with Crippen LogP contribution in [0.4, 0.5) is 13.2 Å². The molecule has 4 nitrogen and oxygen atoms in total. The molecule has 1 fully saturated rings. The zero-order valence-corrected chi connectivity index (χ0v) is 15.1. The average molecular weight is 393 g/mol. The molecule has 138 valence electrons. The van der Waals surface area contributed by atoms with E-state index in [2.05, 4.69) is 0 Å². The molecule has 1 saturated heterocycles. The van der Waals surface area contributed by atoms with Crippen molar-refractivity contribution in [2.24, 2.45) is 0 Å². The highest BCUT2D eigenvalue weighted by atomic mass is 32.2. The van der Waals surface area contributed by atoms with Gasteiger partial charge in [-0.15, -0.1) is 11.3 Å². The molecule has 25 heavy (non-hydrogen) atoms. The molecule has 1 aliphatic rings. The Bertz CT molecular complexity index is 876. The van der Waals surface area contributed by atoms with Crippen molar-refractivity contribution in [3.8, 4) is 0 Å². The van der Waals surface area contributed by atoms with Crippen LogP contribution < -0.4 is 0 Å². The van der Waals surface area contributed by atoms with Crippen molar-refractivity contribution >= 4 is 31.4 Å². The predicted octanol–water partition coefficient (Wildman–Crippen LogP) is 3.68. The zero-order chi connectivity index (χ0) is 18.4. The zero-order valence-electron chi connectivity index (χ0n) is 13.5. The van der Waals surface area contributed by atoms with Gasteiger partial charge in [0.15, 0.2) is 6.10 Å². The summed E-state index contributed by atoms with van der Waals surface area (Å²) in [6, 6.07) is 5.43. The first-order valence-electron chi connectivity index (χ1n) is 7.89. The molecule has 2 heterocycles. The molecule has 0 aliphatic carbocycles. The van der Waals surface area contributed by atoms with E-state index in [4.69, 9.17) is 0 Å². The van der Waals surface area contributed by atoms with Crippen molar-refractivity contribution in [3.05, 3.63) is 29.1 Å². The summed E-state index contributed by atoms with van der Waals surface area (Å²) in [5, 5.41) is 10.2. The highest BCUT2D eigenvalue weighted by molar-refractivity contribution is 7.89. The maximum Gasteiger partial charge on any atom is 0.415 e. The van der Waals surface area contributed by atoms with Crippen LogP contribution >= 0.6 is 11.3 Å². The van der Waals surface area contributed by atoms with Crippen LogP contribution in [0.15, 0.2) is 29.2 Å². The first-order chi connectivity index (χ1) is 11.6. The Morgan fingerprint density at radius 3 is 2.64 bits per heavy atom. The Morgan fingerprint density at radius 2 is 1.96 bits per heavy atom. The Balaban J connectivity index is 2.09. The van der Waals surface area contributed by atoms with E-state index in [0.717, 1.165) is 9.01 Å². The first kappa shape index (κ1) is 18.6.